The summed E-state index contributed by atoms with van der Waals surface area (Å²) in [5.74, 6) is -0.498. The molecule has 0 saturated carbocycles. The van der Waals surface area contributed by atoms with Gasteiger partial charge in [0, 0.05) is 5.56 Å². The van der Waals surface area contributed by atoms with E-state index in [2.05, 4.69) is 8.92 Å². The zero-order valence-corrected chi connectivity index (χ0v) is 21.0. The molecule has 1 heterocycles. The van der Waals surface area contributed by atoms with Crippen LogP contribution in [-0.4, -0.2) is 44.3 Å². The number of aryl methyl sites for hydroxylation is 2. The van der Waals surface area contributed by atoms with Crippen LogP contribution in [0.25, 0.3) is 11.1 Å². The van der Waals surface area contributed by atoms with Crippen molar-refractivity contribution in [2.24, 2.45) is 0 Å². The van der Waals surface area contributed by atoms with Crippen LogP contribution in [0.4, 0.5) is 13.2 Å². The van der Waals surface area contributed by atoms with Gasteiger partial charge in [-0.1, -0.05) is 12.1 Å². The molecule has 0 amide bonds. The van der Waals surface area contributed by atoms with Crippen molar-refractivity contribution < 1.29 is 45.1 Å². The van der Waals surface area contributed by atoms with Gasteiger partial charge in [0.15, 0.2) is 5.75 Å². The van der Waals surface area contributed by atoms with Crippen LogP contribution in [-0.2, 0) is 32.5 Å². The number of methoxy groups -OCH3 is 1. The molecule has 0 aromatic heterocycles. The second-order valence-corrected chi connectivity index (χ2v) is 10.5. The van der Waals surface area contributed by atoms with Crippen LogP contribution in [0.3, 0.4) is 0 Å². The molecular formula is C24H29F3O7S. The zero-order chi connectivity index (χ0) is 26.6. The van der Waals surface area contributed by atoms with Crippen LogP contribution in [0, 0.1) is 6.92 Å². The molecule has 1 N–H and O–H groups in total. The van der Waals surface area contributed by atoms with Crippen molar-refractivity contribution in [2.75, 3.05) is 13.7 Å². The van der Waals surface area contributed by atoms with E-state index in [0.717, 1.165) is 18.1 Å². The minimum Gasteiger partial charge on any atom is -0.493 e. The Balaban J connectivity index is 0.000000784. The van der Waals surface area contributed by atoms with Crippen molar-refractivity contribution >= 4 is 16.1 Å². The van der Waals surface area contributed by atoms with E-state index in [0.29, 0.717) is 35.5 Å². The first kappa shape index (κ1) is 28.4. The summed E-state index contributed by atoms with van der Waals surface area (Å²) >= 11 is 0. The molecule has 11 heteroatoms. The van der Waals surface area contributed by atoms with Gasteiger partial charge < -0.3 is 18.8 Å². The van der Waals surface area contributed by atoms with Gasteiger partial charge in [0.1, 0.15) is 5.75 Å². The number of hydrogen-bond donors (Lipinski definition) is 1. The average molecular weight is 519 g/mol. The molecule has 0 saturated heterocycles. The predicted octanol–water partition coefficient (Wildman–Crippen LogP) is 4.71. The van der Waals surface area contributed by atoms with Crippen molar-refractivity contribution in [1.29, 1.82) is 0 Å². The number of esters is 1. The monoisotopic (exact) mass is 518 g/mol. The number of hydrogen-bond acceptors (Lipinski definition) is 7. The molecular weight excluding hydrogens is 489 g/mol. The molecule has 1 aliphatic heterocycles. The minimum absolute atomic E-state index is 0.0848. The Morgan fingerprint density at radius 1 is 1.14 bits per heavy atom. The van der Waals surface area contributed by atoms with Crippen LogP contribution in [0.15, 0.2) is 30.3 Å². The van der Waals surface area contributed by atoms with E-state index in [1.54, 1.807) is 45.9 Å². The third-order valence-corrected chi connectivity index (χ3v) is 5.70. The Kier molecular flexibility index (Phi) is 8.83. The Hall–Kier alpha value is -2.79. The van der Waals surface area contributed by atoms with Crippen LogP contribution < -0.4 is 8.92 Å². The first-order valence-electron chi connectivity index (χ1n) is 10.7. The third kappa shape index (κ3) is 7.86. The maximum Gasteiger partial charge on any atom is 0.534 e. The third-order valence-electron chi connectivity index (χ3n) is 4.74. The molecule has 0 aliphatic carbocycles. The highest BCUT2D eigenvalue weighted by Crippen LogP contribution is 2.40. The van der Waals surface area contributed by atoms with Gasteiger partial charge in [-0.3, -0.25) is 4.79 Å². The van der Waals surface area contributed by atoms with E-state index in [-0.39, 0.29) is 12.0 Å². The zero-order valence-electron chi connectivity index (χ0n) is 20.2. The molecule has 194 valence electrons. The molecule has 2 aromatic carbocycles. The van der Waals surface area contributed by atoms with Crippen molar-refractivity contribution in [2.45, 2.75) is 58.1 Å². The van der Waals surface area contributed by atoms with Crippen LogP contribution in [0.2, 0.25) is 0 Å². The summed E-state index contributed by atoms with van der Waals surface area (Å²) in [6.07, 6.45) is 1.19. The fraction of sp³-hybridized carbons (Fsp3) is 0.458. The maximum atomic E-state index is 12.9. The Bertz CT molecular complexity index is 1160. The van der Waals surface area contributed by atoms with Gasteiger partial charge in [-0.05, 0) is 81.0 Å². The van der Waals surface area contributed by atoms with E-state index >= 15 is 0 Å². The number of ether oxygens (including phenoxy) is 2. The number of fused-ring (bicyclic) bond motifs is 1. The molecule has 35 heavy (non-hydrogen) atoms. The SMILES string of the molecule is CC(C)(C)O.COC(=O)Cc1c(C)ccc(OS(=O)(=O)C(F)(F)F)c1-c1ccc2c(c1)CCCO2. The predicted molar refractivity (Wildman–Crippen MR) is 124 cm³/mol. The summed E-state index contributed by atoms with van der Waals surface area (Å²) in [6, 6.07) is 7.50. The Morgan fingerprint density at radius 2 is 1.77 bits per heavy atom. The largest absolute Gasteiger partial charge is 0.534 e. The molecule has 0 unspecified atom stereocenters. The molecule has 3 rings (SSSR count). The van der Waals surface area contributed by atoms with Crippen LogP contribution in [0.1, 0.15) is 43.9 Å². The molecule has 0 spiro atoms. The van der Waals surface area contributed by atoms with Gasteiger partial charge in [-0.15, -0.1) is 0 Å². The highest BCUT2D eigenvalue weighted by atomic mass is 32.2. The smallest absolute Gasteiger partial charge is 0.493 e. The minimum atomic E-state index is -5.90. The Labute approximate surface area is 202 Å². The molecule has 2 aromatic rings. The summed E-state index contributed by atoms with van der Waals surface area (Å²) in [4.78, 5) is 11.9. The van der Waals surface area contributed by atoms with Crippen LogP contribution >= 0.6 is 0 Å². The Morgan fingerprint density at radius 3 is 2.34 bits per heavy atom. The quantitative estimate of drug-likeness (QED) is 0.348. The van der Waals surface area contributed by atoms with Gasteiger partial charge in [0.05, 0.1) is 25.7 Å². The van der Waals surface area contributed by atoms with Crippen molar-refractivity contribution in [3.05, 3.63) is 47.0 Å². The molecule has 1 aliphatic rings. The fourth-order valence-electron chi connectivity index (χ4n) is 3.24. The lowest BCUT2D eigenvalue weighted by molar-refractivity contribution is -0.139. The number of aliphatic hydroxyl groups is 1. The second kappa shape index (κ2) is 10.9. The number of carbonyl (C=O) groups is 1. The van der Waals surface area contributed by atoms with Crippen molar-refractivity contribution in [3.8, 4) is 22.6 Å². The van der Waals surface area contributed by atoms with E-state index in [9.17, 15) is 26.4 Å². The second-order valence-electron chi connectivity index (χ2n) is 8.92. The van der Waals surface area contributed by atoms with Gasteiger partial charge in [0.25, 0.3) is 0 Å². The molecule has 0 fully saturated rings. The standard InChI is InChI=1S/C20H19F3O6S.C4H10O/c1-12-5-7-17(29-30(25,26)20(21,22)23)19(15(12)11-18(24)27-2)14-6-8-16-13(10-14)4-3-9-28-16;1-4(2,3)5/h5-8,10H,3-4,9,11H2,1-2H3;5H,1-3H3. The lowest BCUT2D eigenvalue weighted by atomic mass is 9.91. The van der Waals surface area contributed by atoms with Gasteiger partial charge >= 0.3 is 21.6 Å². The summed E-state index contributed by atoms with van der Waals surface area (Å²) < 4.78 is 76.8. The van der Waals surface area contributed by atoms with Gasteiger partial charge in [-0.2, -0.15) is 21.6 Å². The summed E-state index contributed by atoms with van der Waals surface area (Å²) in [5, 5.41) is 8.52. The number of rotatable bonds is 5. The fourth-order valence-corrected chi connectivity index (χ4v) is 3.71. The topological polar surface area (TPSA) is 99.1 Å². The van der Waals surface area contributed by atoms with Crippen molar-refractivity contribution in [1.82, 2.24) is 0 Å². The number of halogens is 3. The lowest BCUT2D eigenvalue weighted by Crippen LogP contribution is -2.28. The molecule has 0 bridgehead atoms. The lowest BCUT2D eigenvalue weighted by Gasteiger charge is -2.21. The van der Waals surface area contributed by atoms with E-state index in [1.807, 2.05) is 0 Å². The number of carbonyl (C=O) groups excluding carboxylic acids is 1. The first-order valence-corrected chi connectivity index (χ1v) is 12.1. The van der Waals surface area contributed by atoms with Gasteiger partial charge in [0.2, 0.25) is 0 Å². The molecule has 7 nitrogen and oxygen atoms in total. The maximum absolute atomic E-state index is 12.9. The number of alkyl halides is 3. The van der Waals surface area contributed by atoms with Crippen molar-refractivity contribution in [3.63, 3.8) is 0 Å². The first-order chi connectivity index (χ1) is 16.0. The summed E-state index contributed by atoms with van der Waals surface area (Å²) in [6.45, 7) is 7.45. The van der Waals surface area contributed by atoms with E-state index < -0.39 is 32.9 Å². The van der Waals surface area contributed by atoms with E-state index in [1.165, 1.54) is 13.2 Å². The molecule has 0 radical (unpaired) electrons. The highest BCUT2D eigenvalue weighted by molar-refractivity contribution is 7.88. The van der Waals surface area contributed by atoms with E-state index in [4.69, 9.17) is 9.84 Å². The van der Waals surface area contributed by atoms with Gasteiger partial charge in [-0.25, -0.2) is 0 Å². The highest BCUT2D eigenvalue weighted by Gasteiger charge is 2.49. The average Bonchev–Trinajstić information content (AvgIpc) is 2.73. The molecule has 0 atom stereocenters. The normalized spacial score (nSPS) is 13.6. The number of benzene rings is 2. The van der Waals surface area contributed by atoms with Crippen LogP contribution in [0.5, 0.6) is 11.5 Å². The summed E-state index contributed by atoms with van der Waals surface area (Å²) in [5.41, 5.74) is -3.89. The summed E-state index contributed by atoms with van der Waals surface area (Å²) in [7, 11) is -4.72.